The van der Waals surface area contributed by atoms with Gasteiger partial charge >= 0.3 is 12.1 Å². The largest absolute Gasteiger partial charge is 0.489 e. The first kappa shape index (κ1) is 46.5. The van der Waals surface area contributed by atoms with Crippen LogP contribution in [0.25, 0.3) is 0 Å². The Morgan fingerprint density at radius 2 is 1.22 bits per heavy atom. The minimum Gasteiger partial charge on any atom is -0.489 e. The molecule has 60 heavy (non-hydrogen) atoms. The normalized spacial score (nSPS) is 12.8. The van der Waals surface area contributed by atoms with Crippen LogP contribution in [0, 0.1) is 11.8 Å². The average molecular weight is 818 g/mol. The standard InChI is InChI=1S/C49H59N3O8/c1-3-16-41(32-46(54)51-44(33-53)31-38-25-27-45(28-26-38)58-34-39-20-10-6-11-21-39)47(55)52-43(24-14-15-29-50-49(57)60-35-40-22-12-7-13-23-40)36-59-48(56)42(17-4-2)30-37-18-8-5-9-19-37/h3-13,18-23,25-28,41-44,53H,1-2,14-17,24,29-36H2,(H,50,57)(H,51,54)(H,52,55). The number of hydrogen-bond donors (Lipinski definition) is 4. The number of alkyl carbamates (subject to hydrolysis) is 1. The first-order valence-corrected chi connectivity index (χ1v) is 20.6. The second-order valence-electron chi connectivity index (χ2n) is 14.7. The van der Waals surface area contributed by atoms with Gasteiger partial charge in [-0.3, -0.25) is 14.4 Å². The van der Waals surface area contributed by atoms with E-state index in [1.54, 1.807) is 12.2 Å². The number of rotatable bonds is 27. The maximum atomic E-state index is 13.8. The summed E-state index contributed by atoms with van der Waals surface area (Å²) in [5.74, 6) is -1.67. The Balaban J connectivity index is 1.31. The number of esters is 1. The van der Waals surface area contributed by atoms with E-state index in [2.05, 4.69) is 29.1 Å². The molecule has 4 rings (SSSR count). The molecule has 11 heteroatoms. The van der Waals surface area contributed by atoms with Crippen molar-refractivity contribution < 1.29 is 38.5 Å². The molecule has 0 aliphatic rings. The van der Waals surface area contributed by atoms with Crippen molar-refractivity contribution in [2.24, 2.45) is 11.8 Å². The van der Waals surface area contributed by atoms with Crippen molar-refractivity contribution in [3.05, 3.63) is 163 Å². The fraction of sp³-hybridized carbons (Fsp3) is 0.347. The lowest BCUT2D eigenvalue weighted by Crippen LogP contribution is -2.45. The monoisotopic (exact) mass is 817 g/mol. The van der Waals surface area contributed by atoms with Crippen LogP contribution in [0.15, 0.2) is 141 Å². The summed E-state index contributed by atoms with van der Waals surface area (Å²) in [6.45, 7) is 8.20. The number of aliphatic hydroxyl groups excluding tert-OH is 1. The Morgan fingerprint density at radius 3 is 1.83 bits per heavy atom. The van der Waals surface area contributed by atoms with Crippen LogP contribution in [-0.4, -0.2) is 60.8 Å². The molecular formula is C49H59N3O8. The molecule has 0 aromatic heterocycles. The van der Waals surface area contributed by atoms with E-state index in [-0.39, 0.29) is 44.5 Å². The number of aliphatic hydroxyl groups is 1. The molecule has 4 unspecified atom stereocenters. The molecule has 4 N–H and O–H groups in total. The molecule has 0 saturated heterocycles. The molecule has 0 fully saturated rings. The highest BCUT2D eigenvalue weighted by Gasteiger charge is 2.26. The summed E-state index contributed by atoms with van der Waals surface area (Å²) in [6.07, 6.45) is 5.75. The molecule has 0 aliphatic carbocycles. The lowest BCUT2D eigenvalue weighted by molar-refractivity contribution is -0.150. The number of hydrogen-bond acceptors (Lipinski definition) is 8. The van der Waals surface area contributed by atoms with Crippen molar-refractivity contribution in [1.82, 2.24) is 16.0 Å². The molecule has 11 nitrogen and oxygen atoms in total. The molecule has 318 valence electrons. The molecule has 0 radical (unpaired) electrons. The molecule has 4 aromatic rings. The maximum Gasteiger partial charge on any atom is 0.407 e. The zero-order valence-electron chi connectivity index (χ0n) is 34.3. The number of carbonyl (C=O) groups excluding carboxylic acids is 4. The minimum atomic E-state index is -0.756. The fourth-order valence-electron chi connectivity index (χ4n) is 6.56. The fourth-order valence-corrected chi connectivity index (χ4v) is 6.56. The van der Waals surface area contributed by atoms with Gasteiger partial charge in [-0.25, -0.2) is 4.79 Å². The number of nitrogens with one attached hydrogen (secondary N) is 3. The molecule has 3 amide bonds. The van der Waals surface area contributed by atoms with Crippen molar-refractivity contribution in [3.63, 3.8) is 0 Å². The Labute approximate surface area is 354 Å². The van der Waals surface area contributed by atoms with Gasteiger partial charge in [-0.2, -0.15) is 0 Å². The third-order valence-electron chi connectivity index (χ3n) is 9.84. The summed E-state index contributed by atoms with van der Waals surface area (Å²) in [4.78, 5) is 52.7. The van der Waals surface area contributed by atoms with Gasteiger partial charge in [0.1, 0.15) is 25.6 Å². The molecular weight excluding hydrogens is 759 g/mol. The molecule has 0 spiro atoms. The second-order valence-corrected chi connectivity index (χ2v) is 14.7. The van der Waals surface area contributed by atoms with Crippen LogP contribution in [0.4, 0.5) is 4.79 Å². The zero-order valence-corrected chi connectivity index (χ0v) is 34.3. The van der Waals surface area contributed by atoms with Gasteiger partial charge in [0.25, 0.3) is 0 Å². The minimum absolute atomic E-state index is 0.0742. The average Bonchev–Trinajstić information content (AvgIpc) is 3.27. The van der Waals surface area contributed by atoms with Crippen LogP contribution in [0.3, 0.4) is 0 Å². The number of unbranched alkanes of at least 4 members (excludes halogenated alkanes) is 1. The third kappa shape index (κ3) is 17.7. The van der Waals surface area contributed by atoms with Crippen molar-refractivity contribution in [2.75, 3.05) is 19.8 Å². The number of benzene rings is 4. The predicted octanol–water partition coefficient (Wildman–Crippen LogP) is 7.43. The van der Waals surface area contributed by atoms with E-state index in [4.69, 9.17) is 14.2 Å². The number of carbonyl (C=O) groups is 4. The van der Waals surface area contributed by atoms with Crippen molar-refractivity contribution in [3.8, 4) is 5.75 Å². The first-order valence-electron chi connectivity index (χ1n) is 20.6. The third-order valence-corrected chi connectivity index (χ3v) is 9.84. The van der Waals surface area contributed by atoms with Gasteiger partial charge in [0.2, 0.25) is 11.8 Å². The molecule has 0 bridgehead atoms. The first-order chi connectivity index (χ1) is 29.3. The van der Waals surface area contributed by atoms with E-state index in [9.17, 15) is 24.3 Å². The summed E-state index contributed by atoms with van der Waals surface area (Å²) in [6, 6.07) is 35.3. The van der Waals surface area contributed by atoms with Gasteiger partial charge < -0.3 is 35.3 Å². The molecule has 0 saturated carbocycles. The predicted molar refractivity (Wildman–Crippen MR) is 233 cm³/mol. The highest BCUT2D eigenvalue weighted by atomic mass is 16.5. The van der Waals surface area contributed by atoms with Crippen LogP contribution in [0.5, 0.6) is 5.75 Å². The van der Waals surface area contributed by atoms with E-state index < -0.39 is 36.0 Å². The van der Waals surface area contributed by atoms with Crippen LogP contribution in [0.2, 0.25) is 0 Å². The van der Waals surface area contributed by atoms with E-state index in [1.807, 2.05) is 115 Å². The van der Waals surface area contributed by atoms with E-state index in [0.29, 0.717) is 57.4 Å². The van der Waals surface area contributed by atoms with E-state index in [0.717, 1.165) is 22.3 Å². The Bertz CT molecular complexity index is 1890. The number of allylic oxidation sites excluding steroid dienone is 2. The lowest BCUT2D eigenvalue weighted by atomic mass is 9.96. The Morgan fingerprint density at radius 1 is 0.633 bits per heavy atom. The summed E-state index contributed by atoms with van der Waals surface area (Å²) >= 11 is 0. The summed E-state index contributed by atoms with van der Waals surface area (Å²) in [7, 11) is 0. The van der Waals surface area contributed by atoms with Gasteiger partial charge in [-0.15, -0.1) is 13.2 Å². The Hall–Kier alpha value is -6.20. The molecule has 4 atom stereocenters. The van der Waals surface area contributed by atoms with Crippen LogP contribution < -0.4 is 20.7 Å². The van der Waals surface area contributed by atoms with Crippen LogP contribution >= 0.6 is 0 Å². The lowest BCUT2D eigenvalue weighted by Gasteiger charge is -2.24. The van der Waals surface area contributed by atoms with Gasteiger partial charge in [0.15, 0.2) is 0 Å². The van der Waals surface area contributed by atoms with Crippen molar-refractivity contribution in [2.45, 2.75) is 76.7 Å². The van der Waals surface area contributed by atoms with Gasteiger partial charge in [0, 0.05) is 13.0 Å². The quantitative estimate of drug-likeness (QED) is 0.0276. The SMILES string of the molecule is C=CCC(CC(=O)NC(CO)Cc1ccc(OCc2ccccc2)cc1)C(=O)NC(CCCCNC(=O)OCc1ccccc1)COC(=O)C(CC=C)Cc1ccccc1. The summed E-state index contributed by atoms with van der Waals surface area (Å²) in [5.41, 5.74) is 3.84. The van der Waals surface area contributed by atoms with Gasteiger partial charge in [-0.05, 0) is 79.3 Å². The van der Waals surface area contributed by atoms with E-state index >= 15 is 0 Å². The Kier molecular flexibility index (Phi) is 20.7. The smallest absolute Gasteiger partial charge is 0.407 e. The zero-order chi connectivity index (χ0) is 42.8. The van der Waals surface area contributed by atoms with Crippen LogP contribution in [0.1, 0.15) is 60.8 Å². The molecule has 0 heterocycles. The van der Waals surface area contributed by atoms with Gasteiger partial charge in [0.05, 0.1) is 30.5 Å². The maximum absolute atomic E-state index is 13.8. The molecule has 0 aliphatic heterocycles. The highest BCUT2D eigenvalue weighted by molar-refractivity contribution is 5.86. The van der Waals surface area contributed by atoms with E-state index in [1.165, 1.54) is 0 Å². The van der Waals surface area contributed by atoms with Gasteiger partial charge in [-0.1, -0.05) is 115 Å². The summed E-state index contributed by atoms with van der Waals surface area (Å²) < 4.78 is 17.0. The number of amides is 3. The number of ether oxygens (including phenoxy) is 3. The van der Waals surface area contributed by atoms with Crippen molar-refractivity contribution >= 4 is 23.9 Å². The molecule has 4 aromatic carbocycles. The van der Waals surface area contributed by atoms with Crippen molar-refractivity contribution in [1.29, 1.82) is 0 Å². The summed E-state index contributed by atoms with van der Waals surface area (Å²) in [5, 5.41) is 18.8. The highest BCUT2D eigenvalue weighted by Crippen LogP contribution is 2.18. The van der Waals surface area contributed by atoms with Crippen LogP contribution in [-0.2, 0) is 49.9 Å². The topological polar surface area (TPSA) is 152 Å². The second kappa shape index (κ2) is 26.7.